The second kappa shape index (κ2) is 3.31. The maximum absolute atomic E-state index is 11.0. The highest BCUT2D eigenvalue weighted by atomic mass is 16.4. The van der Waals surface area contributed by atoms with E-state index in [1.54, 1.807) is 0 Å². The molecule has 14 heavy (non-hydrogen) atoms. The number of piperazine rings is 1. The molecule has 2 aliphatic rings. The smallest absolute Gasteiger partial charge is 0.408 e. The van der Waals surface area contributed by atoms with Crippen LogP contribution in [0.1, 0.15) is 6.42 Å². The van der Waals surface area contributed by atoms with E-state index in [0.717, 1.165) is 5.57 Å². The first kappa shape index (κ1) is 9.03. The zero-order chi connectivity index (χ0) is 10.1. The molecule has 2 saturated heterocycles. The summed E-state index contributed by atoms with van der Waals surface area (Å²) in [4.78, 5) is 12.4. The van der Waals surface area contributed by atoms with E-state index in [-0.39, 0.29) is 12.1 Å². The number of nitrogens with one attached hydrogen (secondary N) is 1. The Hall–Kier alpha value is -1.54. The van der Waals surface area contributed by atoms with Gasteiger partial charge in [-0.1, -0.05) is 0 Å². The highest BCUT2D eigenvalue weighted by molar-refractivity contribution is 5.68. The Labute approximate surface area is 81.6 Å². The van der Waals surface area contributed by atoms with Crippen molar-refractivity contribution in [2.24, 2.45) is 0 Å². The average Bonchev–Trinajstić information content (AvgIpc) is 2.36. The van der Waals surface area contributed by atoms with Crippen molar-refractivity contribution in [1.29, 1.82) is 5.26 Å². The molecule has 5 nitrogen and oxygen atoms in total. The molecule has 2 heterocycles. The number of hydrogen-bond donors (Lipinski definition) is 2. The molecule has 2 aliphatic heterocycles. The number of carboxylic acid groups (broad SMARTS) is 1. The lowest BCUT2D eigenvalue weighted by Crippen LogP contribution is -2.53. The van der Waals surface area contributed by atoms with Gasteiger partial charge in [-0.25, -0.2) is 4.79 Å². The number of nitrogens with zero attached hydrogens (tertiary/aromatic N) is 2. The van der Waals surface area contributed by atoms with Crippen LogP contribution in [0.3, 0.4) is 0 Å². The minimum Gasteiger partial charge on any atom is -0.465 e. The van der Waals surface area contributed by atoms with Crippen molar-refractivity contribution in [2.75, 3.05) is 13.1 Å². The Bertz CT molecular complexity index is 331. The SMILES string of the molecule is N#CC=C1C[C@@H]2CNC[C@H]1N2C(=O)O. The molecular weight excluding hydrogens is 182 g/mol. The summed E-state index contributed by atoms with van der Waals surface area (Å²) in [6.45, 7) is 1.31. The lowest BCUT2D eigenvalue weighted by molar-refractivity contribution is 0.112. The van der Waals surface area contributed by atoms with Gasteiger partial charge >= 0.3 is 6.09 Å². The summed E-state index contributed by atoms with van der Waals surface area (Å²) < 4.78 is 0. The molecule has 5 heteroatoms. The van der Waals surface area contributed by atoms with Gasteiger partial charge in [-0.15, -0.1) is 0 Å². The fourth-order valence-electron chi connectivity index (χ4n) is 2.25. The molecule has 2 N–H and O–H groups in total. The van der Waals surface area contributed by atoms with Gasteiger partial charge in [-0.2, -0.15) is 5.26 Å². The van der Waals surface area contributed by atoms with Crippen LogP contribution in [-0.4, -0.2) is 41.3 Å². The molecular formula is C9H11N3O2. The fraction of sp³-hybridized carbons (Fsp3) is 0.556. The zero-order valence-corrected chi connectivity index (χ0v) is 7.60. The summed E-state index contributed by atoms with van der Waals surface area (Å²) >= 11 is 0. The van der Waals surface area contributed by atoms with Crippen LogP contribution < -0.4 is 5.32 Å². The molecule has 2 fully saturated rings. The van der Waals surface area contributed by atoms with E-state index in [0.29, 0.717) is 19.5 Å². The number of allylic oxidation sites excluding steroid dienone is 1. The lowest BCUT2D eigenvalue weighted by Gasteiger charge is -2.32. The second-order valence-corrected chi connectivity index (χ2v) is 3.57. The van der Waals surface area contributed by atoms with Crippen LogP contribution >= 0.6 is 0 Å². The van der Waals surface area contributed by atoms with Crippen LogP contribution in [0.5, 0.6) is 0 Å². The normalized spacial score (nSPS) is 33.1. The first-order valence-electron chi connectivity index (χ1n) is 4.54. The predicted molar refractivity (Wildman–Crippen MR) is 48.6 cm³/mol. The largest absolute Gasteiger partial charge is 0.465 e. The standard InChI is InChI=1S/C9H11N3O2/c10-2-1-6-3-7-4-11-5-8(6)12(7)9(13)14/h1,7-8,11H,3-5H2,(H,13,14)/t7-,8-/m1/s1. The zero-order valence-electron chi connectivity index (χ0n) is 7.60. The van der Waals surface area contributed by atoms with Crippen LogP contribution in [0.15, 0.2) is 11.6 Å². The predicted octanol–water partition coefficient (Wildman–Crippen LogP) is 0.160. The van der Waals surface area contributed by atoms with E-state index in [1.807, 2.05) is 6.07 Å². The molecule has 2 bridgehead atoms. The molecule has 0 aromatic rings. The molecule has 2 atom stereocenters. The molecule has 2 rings (SSSR count). The van der Waals surface area contributed by atoms with E-state index in [4.69, 9.17) is 10.4 Å². The average molecular weight is 193 g/mol. The summed E-state index contributed by atoms with van der Waals surface area (Å²) in [7, 11) is 0. The third-order valence-electron chi connectivity index (χ3n) is 2.82. The summed E-state index contributed by atoms with van der Waals surface area (Å²) in [5.74, 6) is 0. The van der Waals surface area contributed by atoms with Gasteiger partial charge in [0, 0.05) is 19.2 Å². The van der Waals surface area contributed by atoms with Crippen molar-refractivity contribution in [3.05, 3.63) is 11.6 Å². The first-order chi connectivity index (χ1) is 6.74. The van der Waals surface area contributed by atoms with Gasteiger partial charge in [0.1, 0.15) is 0 Å². The van der Waals surface area contributed by atoms with Gasteiger partial charge in [0.2, 0.25) is 0 Å². The van der Waals surface area contributed by atoms with Gasteiger partial charge < -0.3 is 10.4 Å². The Balaban J connectivity index is 2.28. The van der Waals surface area contributed by atoms with Crippen molar-refractivity contribution >= 4 is 6.09 Å². The molecule has 74 valence electrons. The van der Waals surface area contributed by atoms with Gasteiger partial charge in [0.25, 0.3) is 0 Å². The highest BCUT2D eigenvalue weighted by Gasteiger charge is 2.42. The van der Waals surface area contributed by atoms with Gasteiger partial charge in [-0.3, -0.25) is 4.90 Å². The van der Waals surface area contributed by atoms with Crippen LogP contribution in [-0.2, 0) is 0 Å². The summed E-state index contributed by atoms with van der Waals surface area (Å²) in [6, 6.07) is 1.84. The molecule has 0 aromatic carbocycles. The van der Waals surface area contributed by atoms with E-state index in [1.165, 1.54) is 11.0 Å². The minimum absolute atomic E-state index is 0.00542. The van der Waals surface area contributed by atoms with Crippen molar-refractivity contribution in [2.45, 2.75) is 18.5 Å². The minimum atomic E-state index is -0.886. The third kappa shape index (κ3) is 1.24. The number of rotatable bonds is 0. The second-order valence-electron chi connectivity index (χ2n) is 3.57. The number of amides is 1. The van der Waals surface area contributed by atoms with Crippen LogP contribution in [0.2, 0.25) is 0 Å². The monoisotopic (exact) mass is 193 g/mol. The van der Waals surface area contributed by atoms with Crippen molar-refractivity contribution in [3.8, 4) is 6.07 Å². The van der Waals surface area contributed by atoms with Crippen molar-refractivity contribution < 1.29 is 9.90 Å². The number of carbonyl (C=O) groups is 1. The Morgan fingerprint density at radius 2 is 2.50 bits per heavy atom. The van der Waals surface area contributed by atoms with Crippen molar-refractivity contribution in [3.63, 3.8) is 0 Å². The molecule has 0 spiro atoms. The summed E-state index contributed by atoms with van der Waals surface area (Å²) in [6.07, 6.45) is 1.29. The van der Waals surface area contributed by atoms with E-state index in [9.17, 15) is 4.79 Å². The molecule has 0 aliphatic carbocycles. The number of hydrogen-bond acceptors (Lipinski definition) is 3. The Morgan fingerprint density at radius 3 is 3.07 bits per heavy atom. The quantitative estimate of drug-likeness (QED) is 0.537. The Morgan fingerprint density at radius 1 is 1.71 bits per heavy atom. The Kier molecular flexibility index (Phi) is 2.14. The van der Waals surface area contributed by atoms with E-state index < -0.39 is 6.09 Å². The van der Waals surface area contributed by atoms with Crippen LogP contribution in [0, 0.1) is 11.3 Å². The van der Waals surface area contributed by atoms with Gasteiger partial charge in [0.05, 0.1) is 18.2 Å². The van der Waals surface area contributed by atoms with Crippen LogP contribution in [0.25, 0.3) is 0 Å². The summed E-state index contributed by atoms with van der Waals surface area (Å²) in [5, 5.41) is 20.7. The topological polar surface area (TPSA) is 76.4 Å². The lowest BCUT2D eigenvalue weighted by atomic mass is 10.1. The highest BCUT2D eigenvalue weighted by Crippen LogP contribution is 2.31. The van der Waals surface area contributed by atoms with Gasteiger partial charge in [-0.05, 0) is 12.0 Å². The van der Waals surface area contributed by atoms with Crippen molar-refractivity contribution in [1.82, 2.24) is 10.2 Å². The molecule has 0 saturated carbocycles. The van der Waals surface area contributed by atoms with Crippen LogP contribution in [0.4, 0.5) is 4.79 Å². The molecule has 0 aromatic heterocycles. The molecule has 1 amide bonds. The molecule has 0 radical (unpaired) electrons. The fourth-order valence-corrected chi connectivity index (χ4v) is 2.25. The van der Waals surface area contributed by atoms with E-state index >= 15 is 0 Å². The maximum atomic E-state index is 11.0. The maximum Gasteiger partial charge on any atom is 0.408 e. The van der Waals surface area contributed by atoms with E-state index in [2.05, 4.69) is 5.32 Å². The third-order valence-corrected chi connectivity index (χ3v) is 2.82. The number of fused-ring (bicyclic) bond motifs is 2. The molecule has 0 unspecified atom stereocenters. The number of nitriles is 1. The van der Waals surface area contributed by atoms with Gasteiger partial charge in [0.15, 0.2) is 0 Å². The first-order valence-corrected chi connectivity index (χ1v) is 4.54. The summed E-state index contributed by atoms with van der Waals surface area (Å²) in [5.41, 5.74) is 0.935.